The maximum atomic E-state index is 7.61. The lowest BCUT2D eigenvalue weighted by Gasteiger charge is -2.45. The van der Waals surface area contributed by atoms with Crippen molar-refractivity contribution >= 4 is 48.4 Å². The van der Waals surface area contributed by atoms with Gasteiger partial charge in [-0.25, -0.2) is 9.97 Å². The van der Waals surface area contributed by atoms with E-state index in [1.54, 1.807) is 0 Å². The Balaban J connectivity index is 1.33. The molecule has 53 heavy (non-hydrogen) atoms. The van der Waals surface area contributed by atoms with Gasteiger partial charge in [-0.3, -0.25) is 0 Å². The zero-order chi connectivity index (χ0) is 37.4. The lowest BCUT2D eigenvalue weighted by atomic mass is 10.0. The van der Waals surface area contributed by atoms with E-state index in [1.807, 2.05) is 12.3 Å². The number of hydrogen-bond acceptors (Lipinski definition) is 4. The Labute approximate surface area is 319 Å². The van der Waals surface area contributed by atoms with Gasteiger partial charge in [0.25, 0.3) is 16.6 Å². The predicted molar refractivity (Wildman–Crippen MR) is 228 cm³/mol. The maximum absolute atomic E-state index is 7.61. The van der Waals surface area contributed by atoms with Crippen molar-refractivity contribution in [1.29, 1.82) is 0 Å². The molecular weight excluding hydrogens is 681 g/mol. The van der Waals surface area contributed by atoms with Gasteiger partial charge < -0.3 is 8.85 Å². The molecule has 0 unspecified atom stereocenters. The van der Waals surface area contributed by atoms with E-state index < -0.39 is 16.6 Å². The molecule has 0 bridgehead atoms. The molecule has 0 aliphatic heterocycles. The number of unbranched alkanes of at least 4 members (excludes halogenated alkanes) is 1. The highest BCUT2D eigenvalue weighted by Gasteiger charge is 2.52. The normalized spacial score (nSPS) is 12.7. The summed E-state index contributed by atoms with van der Waals surface area (Å²) in [5.74, 6) is 0.199. The van der Waals surface area contributed by atoms with Crippen LogP contribution in [0.2, 0.25) is 10.1 Å². The average Bonchev–Trinajstić information content (AvgIpc) is 3.17. The topological polar surface area (TPSA) is 44.2 Å². The summed E-state index contributed by atoms with van der Waals surface area (Å²) in [5.41, 5.74) is 1.92. The SMILES string of the molecule is CC(C)(C)[Si](OCC(CCCCc1ccc2cccnc2n1)CO[Si](c1ccccc1)(c1ccccc1)C(C)(C)C)(c1ccccc1)c1ccccc1. The summed E-state index contributed by atoms with van der Waals surface area (Å²) in [7, 11) is -5.48. The second-order valence-electron chi connectivity index (χ2n) is 16.4. The fraction of sp³-hybridized carbons (Fsp3) is 0.319. The molecule has 0 atom stereocenters. The van der Waals surface area contributed by atoms with Crippen LogP contribution in [0.1, 0.15) is 66.5 Å². The third-order valence-corrected chi connectivity index (χ3v) is 20.7. The van der Waals surface area contributed by atoms with E-state index in [-0.39, 0.29) is 16.0 Å². The van der Waals surface area contributed by atoms with E-state index in [0.717, 1.165) is 42.4 Å². The largest absolute Gasteiger partial charge is 0.407 e. The predicted octanol–water partition coefficient (Wildman–Crippen LogP) is 9.11. The first kappa shape index (κ1) is 38.5. The van der Waals surface area contributed by atoms with Crippen LogP contribution in [0, 0.1) is 5.92 Å². The number of aryl methyl sites for hydroxylation is 1. The monoisotopic (exact) mass is 736 g/mol. The number of nitrogens with zero attached hydrogens (tertiary/aromatic N) is 2. The maximum Gasteiger partial charge on any atom is 0.261 e. The minimum absolute atomic E-state index is 0.102. The van der Waals surface area contributed by atoms with Crippen molar-refractivity contribution in [2.75, 3.05) is 13.2 Å². The lowest BCUT2D eigenvalue weighted by molar-refractivity contribution is 0.154. The average molecular weight is 737 g/mol. The van der Waals surface area contributed by atoms with Gasteiger partial charge in [0.1, 0.15) is 0 Å². The molecular formula is C47H56N2O2Si2. The Hall–Kier alpha value is -4.21. The van der Waals surface area contributed by atoms with Gasteiger partial charge in [0.2, 0.25) is 0 Å². The molecule has 0 saturated heterocycles. The summed E-state index contributed by atoms with van der Waals surface area (Å²) in [4.78, 5) is 9.36. The third-order valence-electron chi connectivity index (χ3n) is 10.7. The molecule has 0 aliphatic rings. The van der Waals surface area contributed by atoms with Crippen LogP contribution in [0.3, 0.4) is 0 Å². The van der Waals surface area contributed by atoms with Gasteiger partial charge in [-0.2, -0.15) is 0 Å². The number of pyridine rings is 2. The van der Waals surface area contributed by atoms with Gasteiger partial charge in [-0.05, 0) is 74.4 Å². The zero-order valence-corrected chi connectivity index (χ0v) is 34.5. The minimum Gasteiger partial charge on any atom is -0.407 e. The summed E-state index contributed by atoms with van der Waals surface area (Å²) in [6, 6.07) is 52.3. The number of rotatable bonds is 15. The van der Waals surface area contributed by atoms with Gasteiger partial charge in [0, 0.05) is 36.4 Å². The molecule has 274 valence electrons. The van der Waals surface area contributed by atoms with E-state index >= 15 is 0 Å². The van der Waals surface area contributed by atoms with Crippen molar-refractivity contribution in [3.8, 4) is 0 Å². The van der Waals surface area contributed by atoms with Gasteiger partial charge in [-0.1, -0.05) is 169 Å². The molecule has 0 radical (unpaired) electrons. The van der Waals surface area contributed by atoms with Gasteiger partial charge in [0.05, 0.1) is 0 Å². The van der Waals surface area contributed by atoms with Crippen molar-refractivity contribution in [3.63, 3.8) is 0 Å². The smallest absolute Gasteiger partial charge is 0.261 e. The van der Waals surface area contributed by atoms with Crippen LogP contribution in [0.15, 0.2) is 152 Å². The molecule has 0 aliphatic carbocycles. The molecule has 0 amide bonds. The fourth-order valence-electron chi connectivity index (χ4n) is 8.09. The third kappa shape index (κ3) is 8.47. The summed E-state index contributed by atoms with van der Waals surface area (Å²) >= 11 is 0. The highest BCUT2D eigenvalue weighted by molar-refractivity contribution is 7.00. The molecule has 2 aromatic heterocycles. The summed E-state index contributed by atoms with van der Waals surface area (Å²) in [5, 5.41) is 6.10. The number of benzene rings is 4. The van der Waals surface area contributed by atoms with Crippen LogP contribution in [0.25, 0.3) is 11.0 Å². The molecule has 0 spiro atoms. The fourth-order valence-corrected chi connectivity index (χ4v) is 17.4. The molecule has 2 heterocycles. The van der Waals surface area contributed by atoms with Crippen molar-refractivity contribution < 1.29 is 8.85 Å². The molecule has 6 aromatic rings. The van der Waals surface area contributed by atoms with Crippen LogP contribution < -0.4 is 20.7 Å². The van der Waals surface area contributed by atoms with Crippen molar-refractivity contribution in [3.05, 3.63) is 157 Å². The van der Waals surface area contributed by atoms with Crippen molar-refractivity contribution in [2.24, 2.45) is 5.92 Å². The number of aromatic nitrogens is 2. The van der Waals surface area contributed by atoms with Crippen LogP contribution in [-0.2, 0) is 15.3 Å². The van der Waals surface area contributed by atoms with E-state index in [9.17, 15) is 0 Å². The number of fused-ring (bicyclic) bond motifs is 1. The summed E-state index contributed by atoms with van der Waals surface area (Å²) < 4.78 is 15.2. The van der Waals surface area contributed by atoms with Crippen LogP contribution in [-0.4, -0.2) is 39.8 Å². The van der Waals surface area contributed by atoms with Gasteiger partial charge >= 0.3 is 0 Å². The molecule has 0 fully saturated rings. The summed E-state index contributed by atoms with van der Waals surface area (Å²) in [6.07, 6.45) is 5.84. The highest BCUT2D eigenvalue weighted by Crippen LogP contribution is 2.39. The van der Waals surface area contributed by atoms with Crippen LogP contribution in [0.4, 0.5) is 0 Å². The van der Waals surface area contributed by atoms with Crippen molar-refractivity contribution in [2.45, 2.75) is 77.3 Å². The number of hydrogen-bond donors (Lipinski definition) is 0. The zero-order valence-electron chi connectivity index (χ0n) is 32.5. The van der Waals surface area contributed by atoms with Gasteiger partial charge in [0.15, 0.2) is 5.65 Å². The highest BCUT2D eigenvalue weighted by atomic mass is 28.4. The van der Waals surface area contributed by atoms with E-state index in [1.165, 1.54) is 20.7 Å². The molecule has 4 nitrogen and oxygen atoms in total. The second-order valence-corrected chi connectivity index (χ2v) is 25.0. The molecule has 4 aromatic carbocycles. The minimum atomic E-state index is -2.74. The van der Waals surface area contributed by atoms with E-state index in [0.29, 0.717) is 13.2 Å². The summed E-state index contributed by atoms with van der Waals surface area (Å²) in [6.45, 7) is 15.4. The molecule has 0 N–H and O–H groups in total. The van der Waals surface area contributed by atoms with Crippen molar-refractivity contribution in [1.82, 2.24) is 9.97 Å². The Morgan fingerprint density at radius 3 is 1.36 bits per heavy atom. The molecule has 0 saturated carbocycles. The Kier molecular flexibility index (Phi) is 12.2. The van der Waals surface area contributed by atoms with Gasteiger partial charge in [-0.15, -0.1) is 0 Å². The first-order chi connectivity index (χ1) is 25.5. The quantitative estimate of drug-likeness (QED) is 0.0780. The lowest BCUT2D eigenvalue weighted by Crippen LogP contribution is -2.67. The van der Waals surface area contributed by atoms with E-state index in [2.05, 4.69) is 186 Å². The molecule has 6 rings (SSSR count). The van der Waals surface area contributed by atoms with E-state index in [4.69, 9.17) is 13.8 Å². The first-order valence-corrected chi connectivity index (χ1v) is 23.1. The first-order valence-electron chi connectivity index (χ1n) is 19.3. The Bertz CT molecular complexity index is 1830. The van der Waals surface area contributed by atoms with Crippen LogP contribution in [0.5, 0.6) is 0 Å². The molecule has 6 heteroatoms. The second kappa shape index (κ2) is 16.9. The Morgan fingerprint density at radius 1 is 0.509 bits per heavy atom. The van der Waals surface area contributed by atoms with Crippen LogP contribution >= 0.6 is 0 Å². The Morgan fingerprint density at radius 2 is 0.943 bits per heavy atom. The standard InChI is InChI=1S/C47H56N2O2Si2/c1-46(2,3)52(41-25-11-7-12-26-41,42-27-13-8-14-28-42)50-36-38(22-19-20-24-40-34-33-39-23-21-35-48-45(39)49-40)37-51-53(47(4,5)6,43-29-15-9-16-30-43)44-31-17-10-18-32-44/h7-18,21,23,25-35,38H,19-20,22,24,36-37H2,1-6H3.